The quantitative estimate of drug-likeness (QED) is 0.806. The number of hydrogen-bond acceptors (Lipinski definition) is 5. The number of aliphatic imine (C=N–C) groups is 1. The van der Waals surface area contributed by atoms with Gasteiger partial charge in [0, 0.05) is 38.3 Å². The standard InChI is InChI=1S/C14H15N5O2/c1-15-7-10(8-16-2)13-6-12(14(20)21)18-19(13)11-4-3-5-17-9-11/h3-9,15H,1-2H3,(H,20,21)/b10-7+,16-8?. The van der Waals surface area contributed by atoms with Gasteiger partial charge in [-0.2, -0.15) is 5.10 Å². The molecule has 0 amide bonds. The van der Waals surface area contributed by atoms with E-state index in [1.807, 2.05) is 0 Å². The number of aromatic nitrogens is 3. The third-order valence-corrected chi connectivity index (χ3v) is 2.68. The Bertz CT molecular complexity index is 689. The molecule has 7 heteroatoms. The molecule has 0 aliphatic heterocycles. The molecule has 2 N–H and O–H groups in total. The number of hydrogen-bond donors (Lipinski definition) is 2. The molecule has 0 saturated heterocycles. The van der Waals surface area contributed by atoms with E-state index in [1.165, 1.54) is 10.7 Å². The number of rotatable bonds is 5. The van der Waals surface area contributed by atoms with Gasteiger partial charge in [-0.1, -0.05) is 0 Å². The summed E-state index contributed by atoms with van der Waals surface area (Å²) in [6.07, 6.45) is 6.61. The second kappa shape index (κ2) is 6.47. The fraction of sp³-hybridized carbons (Fsp3) is 0.143. The molecule has 0 unspecified atom stereocenters. The highest BCUT2D eigenvalue weighted by Crippen LogP contribution is 2.18. The van der Waals surface area contributed by atoms with Gasteiger partial charge in [0.25, 0.3) is 0 Å². The fourth-order valence-electron chi connectivity index (χ4n) is 1.84. The first kappa shape index (κ1) is 14.4. The summed E-state index contributed by atoms with van der Waals surface area (Å²) in [5.41, 5.74) is 1.95. The minimum atomic E-state index is -1.09. The number of carboxylic acid groups (broad SMARTS) is 1. The van der Waals surface area contributed by atoms with Crippen molar-refractivity contribution < 1.29 is 9.90 Å². The molecule has 0 fully saturated rings. The van der Waals surface area contributed by atoms with Crippen molar-refractivity contribution in [2.75, 3.05) is 14.1 Å². The van der Waals surface area contributed by atoms with Gasteiger partial charge in [0.15, 0.2) is 5.69 Å². The van der Waals surface area contributed by atoms with Crippen molar-refractivity contribution in [3.63, 3.8) is 0 Å². The lowest BCUT2D eigenvalue weighted by Gasteiger charge is -2.07. The molecule has 0 radical (unpaired) electrons. The van der Waals surface area contributed by atoms with Crippen LogP contribution in [0.15, 0.2) is 41.8 Å². The highest BCUT2D eigenvalue weighted by molar-refractivity contribution is 6.09. The maximum absolute atomic E-state index is 11.2. The molecule has 2 heterocycles. The Balaban J connectivity index is 2.63. The summed E-state index contributed by atoms with van der Waals surface area (Å²) in [6, 6.07) is 5.06. The van der Waals surface area contributed by atoms with Gasteiger partial charge in [0.1, 0.15) is 0 Å². The number of pyridine rings is 1. The van der Waals surface area contributed by atoms with Crippen LogP contribution in [-0.2, 0) is 0 Å². The van der Waals surface area contributed by atoms with Gasteiger partial charge in [-0.3, -0.25) is 9.98 Å². The van der Waals surface area contributed by atoms with Gasteiger partial charge < -0.3 is 10.4 Å². The monoisotopic (exact) mass is 285 g/mol. The Hall–Kier alpha value is -2.96. The van der Waals surface area contributed by atoms with Crippen LogP contribution in [0.1, 0.15) is 16.2 Å². The van der Waals surface area contributed by atoms with Crippen molar-refractivity contribution in [2.45, 2.75) is 0 Å². The molecule has 0 atom stereocenters. The predicted octanol–water partition coefficient (Wildman–Crippen LogP) is 1.23. The first-order chi connectivity index (χ1) is 10.2. The predicted molar refractivity (Wildman–Crippen MR) is 79.8 cm³/mol. The van der Waals surface area contributed by atoms with Gasteiger partial charge in [-0.05, 0) is 18.2 Å². The van der Waals surface area contributed by atoms with E-state index in [4.69, 9.17) is 5.11 Å². The average molecular weight is 285 g/mol. The number of nitrogens with zero attached hydrogens (tertiary/aromatic N) is 4. The van der Waals surface area contributed by atoms with Gasteiger partial charge in [0.05, 0.1) is 17.6 Å². The molecular weight excluding hydrogens is 270 g/mol. The van der Waals surface area contributed by atoms with E-state index in [1.54, 1.807) is 51.0 Å². The minimum Gasteiger partial charge on any atom is -0.476 e. The molecule has 0 aliphatic carbocycles. The Morgan fingerprint density at radius 2 is 2.33 bits per heavy atom. The van der Waals surface area contributed by atoms with E-state index in [0.29, 0.717) is 17.0 Å². The zero-order valence-electron chi connectivity index (χ0n) is 11.7. The summed E-state index contributed by atoms with van der Waals surface area (Å²) in [4.78, 5) is 19.2. The molecule has 0 aromatic carbocycles. The van der Waals surface area contributed by atoms with E-state index < -0.39 is 5.97 Å². The highest BCUT2D eigenvalue weighted by Gasteiger charge is 2.16. The Morgan fingerprint density at radius 1 is 1.52 bits per heavy atom. The number of carboxylic acids is 1. The fourth-order valence-corrected chi connectivity index (χ4v) is 1.84. The topological polar surface area (TPSA) is 92.4 Å². The van der Waals surface area contributed by atoms with E-state index in [-0.39, 0.29) is 5.69 Å². The molecule has 7 nitrogen and oxygen atoms in total. The van der Waals surface area contributed by atoms with E-state index >= 15 is 0 Å². The zero-order chi connectivity index (χ0) is 15.2. The Labute approximate surface area is 121 Å². The second-order valence-electron chi connectivity index (χ2n) is 4.12. The summed E-state index contributed by atoms with van der Waals surface area (Å²) < 4.78 is 1.53. The SMILES string of the molecule is CN=C/C(=C\NC)c1cc(C(=O)O)nn1-c1cccnc1. The van der Waals surface area contributed by atoms with Gasteiger partial charge in [-0.15, -0.1) is 0 Å². The second-order valence-corrected chi connectivity index (χ2v) is 4.12. The molecule has 0 aliphatic rings. The van der Waals surface area contributed by atoms with Crippen molar-refractivity contribution in [2.24, 2.45) is 4.99 Å². The molecule has 108 valence electrons. The Kier molecular flexibility index (Phi) is 4.45. The lowest BCUT2D eigenvalue weighted by atomic mass is 10.2. The summed E-state index contributed by atoms with van der Waals surface area (Å²) in [7, 11) is 3.40. The van der Waals surface area contributed by atoms with Crippen LogP contribution in [-0.4, -0.2) is 46.2 Å². The van der Waals surface area contributed by atoms with E-state index in [0.717, 1.165) is 0 Å². The average Bonchev–Trinajstić information content (AvgIpc) is 2.93. The van der Waals surface area contributed by atoms with Crippen LogP contribution in [0.2, 0.25) is 0 Å². The van der Waals surface area contributed by atoms with Crippen molar-refractivity contribution in [1.29, 1.82) is 0 Å². The van der Waals surface area contributed by atoms with Crippen molar-refractivity contribution >= 4 is 17.8 Å². The summed E-state index contributed by atoms with van der Waals surface area (Å²) >= 11 is 0. The third-order valence-electron chi connectivity index (χ3n) is 2.68. The number of allylic oxidation sites excluding steroid dienone is 1. The van der Waals surface area contributed by atoms with Crippen LogP contribution in [0.3, 0.4) is 0 Å². The molecule has 2 aromatic heterocycles. The summed E-state index contributed by atoms with van der Waals surface area (Å²) in [6.45, 7) is 0. The van der Waals surface area contributed by atoms with Crippen LogP contribution < -0.4 is 5.32 Å². The van der Waals surface area contributed by atoms with Crippen LogP contribution in [0, 0.1) is 0 Å². The molecule has 2 rings (SSSR count). The highest BCUT2D eigenvalue weighted by atomic mass is 16.4. The molecule has 0 bridgehead atoms. The summed E-state index contributed by atoms with van der Waals surface area (Å²) in [5.74, 6) is -1.09. The maximum atomic E-state index is 11.2. The van der Waals surface area contributed by atoms with Crippen LogP contribution in [0.5, 0.6) is 0 Å². The van der Waals surface area contributed by atoms with Crippen molar-refractivity contribution in [3.8, 4) is 5.69 Å². The molecular formula is C14H15N5O2. The minimum absolute atomic E-state index is 0.0413. The van der Waals surface area contributed by atoms with Crippen LogP contribution in [0.4, 0.5) is 0 Å². The largest absolute Gasteiger partial charge is 0.476 e. The van der Waals surface area contributed by atoms with E-state index in [9.17, 15) is 4.79 Å². The number of carbonyl (C=O) groups is 1. The van der Waals surface area contributed by atoms with Crippen molar-refractivity contribution in [3.05, 3.63) is 48.2 Å². The lowest BCUT2D eigenvalue weighted by Crippen LogP contribution is -2.06. The summed E-state index contributed by atoms with van der Waals surface area (Å²) in [5, 5.41) is 16.2. The lowest BCUT2D eigenvalue weighted by molar-refractivity contribution is 0.0690. The van der Waals surface area contributed by atoms with Gasteiger partial charge >= 0.3 is 5.97 Å². The maximum Gasteiger partial charge on any atom is 0.356 e. The van der Waals surface area contributed by atoms with Gasteiger partial charge in [-0.25, -0.2) is 9.48 Å². The molecule has 2 aromatic rings. The zero-order valence-corrected chi connectivity index (χ0v) is 11.7. The third kappa shape index (κ3) is 3.14. The first-order valence-electron chi connectivity index (χ1n) is 6.21. The molecule has 21 heavy (non-hydrogen) atoms. The first-order valence-corrected chi connectivity index (χ1v) is 6.21. The molecule has 0 spiro atoms. The van der Waals surface area contributed by atoms with E-state index in [2.05, 4.69) is 20.4 Å². The molecule has 0 saturated carbocycles. The number of nitrogens with one attached hydrogen (secondary N) is 1. The van der Waals surface area contributed by atoms with Crippen LogP contribution in [0.25, 0.3) is 11.3 Å². The van der Waals surface area contributed by atoms with Crippen LogP contribution >= 0.6 is 0 Å². The van der Waals surface area contributed by atoms with Crippen molar-refractivity contribution in [1.82, 2.24) is 20.1 Å². The number of aromatic carboxylic acids is 1. The Morgan fingerprint density at radius 3 is 2.90 bits per heavy atom. The smallest absolute Gasteiger partial charge is 0.356 e. The van der Waals surface area contributed by atoms with Gasteiger partial charge in [0.2, 0.25) is 0 Å². The normalized spacial score (nSPS) is 11.8.